The van der Waals surface area contributed by atoms with Crippen LogP contribution in [0.3, 0.4) is 0 Å². The molecule has 1 unspecified atom stereocenters. The van der Waals surface area contributed by atoms with Gasteiger partial charge in [0.1, 0.15) is 5.82 Å². The fraction of sp³-hybridized carbons (Fsp3) is 0.500. The van der Waals surface area contributed by atoms with E-state index in [1.165, 1.54) is 12.1 Å². The van der Waals surface area contributed by atoms with Crippen molar-refractivity contribution in [1.29, 1.82) is 0 Å². The maximum Gasteiger partial charge on any atom is 0.330 e. The minimum Gasteiger partial charge on any atom is -0.309 e. The van der Waals surface area contributed by atoms with Crippen LogP contribution in [0.25, 0.3) is 0 Å². The van der Waals surface area contributed by atoms with E-state index in [0.717, 1.165) is 5.56 Å². The van der Waals surface area contributed by atoms with Gasteiger partial charge in [0.15, 0.2) is 0 Å². The number of halogens is 1. The molecule has 0 spiro atoms. The summed E-state index contributed by atoms with van der Waals surface area (Å²) >= 11 is 0. The van der Waals surface area contributed by atoms with E-state index < -0.39 is 7.60 Å². The SMILES string of the molecule is CCOP(=O)(CC)OCCc1ccc(F)cc1. The van der Waals surface area contributed by atoms with Gasteiger partial charge in [-0.1, -0.05) is 19.1 Å². The summed E-state index contributed by atoms with van der Waals surface area (Å²) in [4.78, 5) is 0. The third-order valence-electron chi connectivity index (χ3n) is 2.31. The molecule has 1 aromatic carbocycles. The molecule has 0 aliphatic heterocycles. The van der Waals surface area contributed by atoms with Crippen molar-refractivity contribution in [3.05, 3.63) is 35.6 Å². The molecule has 1 atom stereocenters. The van der Waals surface area contributed by atoms with E-state index in [9.17, 15) is 8.96 Å². The molecule has 3 nitrogen and oxygen atoms in total. The van der Waals surface area contributed by atoms with Crippen LogP contribution in [0.2, 0.25) is 0 Å². The highest BCUT2D eigenvalue weighted by atomic mass is 31.2. The van der Waals surface area contributed by atoms with Crippen molar-refractivity contribution < 1.29 is 18.0 Å². The molecular formula is C12H18FO3P. The molecule has 1 rings (SSSR count). The fourth-order valence-corrected chi connectivity index (χ4v) is 2.57. The van der Waals surface area contributed by atoms with Crippen LogP contribution in [0.15, 0.2) is 24.3 Å². The summed E-state index contributed by atoms with van der Waals surface area (Å²) in [6.07, 6.45) is 0.960. The second-order valence-corrected chi connectivity index (χ2v) is 5.93. The lowest BCUT2D eigenvalue weighted by Crippen LogP contribution is -2.02. The number of hydrogen-bond acceptors (Lipinski definition) is 3. The Kier molecular flexibility index (Phi) is 5.83. The van der Waals surface area contributed by atoms with Crippen LogP contribution in [0.4, 0.5) is 4.39 Å². The van der Waals surface area contributed by atoms with Crippen LogP contribution in [0, 0.1) is 5.82 Å². The topological polar surface area (TPSA) is 35.5 Å². The second-order valence-electron chi connectivity index (χ2n) is 3.55. The highest BCUT2D eigenvalue weighted by molar-refractivity contribution is 7.53. The van der Waals surface area contributed by atoms with Gasteiger partial charge in [0, 0.05) is 6.16 Å². The van der Waals surface area contributed by atoms with Gasteiger partial charge >= 0.3 is 7.60 Å². The molecule has 0 aliphatic carbocycles. The van der Waals surface area contributed by atoms with Gasteiger partial charge in [-0.05, 0) is 31.0 Å². The van der Waals surface area contributed by atoms with Crippen molar-refractivity contribution in [3.63, 3.8) is 0 Å². The largest absolute Gasteiger partial charge is 0.330 e. The summed E-state index contributed by atoms with van der Waals surface area (Å²) in [5, 5.41) is 0. The predicted molar refractivity (Wildman–Crippen MR) is 65.8 cm³/mol. The minimum atomic E-state index is -2.92. The van der Waals surface area contributed by atoms with Gasteiger partial charge in [-0.25, -0.2) is 4.39 Å². The van der Waals surface area contributed by atoms with Crippen LogP contribution < -0.4 is 0 Å². The zero-order valence-corrected chi connectivity index (χ0v) is 11.1. The normalized spacial score (nSPS) is 14.5. The molecule has 0 saturated carbocycles. The predicted octanol–water partition coefficient (Wildman–Crippen LogP) is 3.63. The van der Waals surface area contributed by atoms with E-state index in [1.807, 2.05) is 0 Å². The summed E-state index contributed by atoms with van der Waals surface area (Å²) in [6.45, 7) is 4.25. The highest BCUT2D eigenvalue weighted by Crippen LogP contribution is 2.47. The lowest BCUT2D eigenvalue weighted by Gasteiger charge is -2.15. The van der Waals surface area contributed by atoms with Gasteiger partial charge in [-0.15, -0.1) is 0 Å². The van der Waals surface area contributed by atoms with E-state index in [1.54, 1.807) is 26.0 Å². The number of rotatable bonds is 7. The lowest BCUT2D eigenvalue weighted by atomic mass is 10.2. The monoisotopic (exact) mass is 260 g/mol. The Labute approximate surface area is 101 Å². The Hall–Kier alpha value is -0.700. The van der Waals surface area contributed by atoms with E-state index in [2.05, 4.69) is 0 Å². The zero-order valence-electron chi connectivity index (χ0n) is 10.2. The lowest BCUT2D eigenvalue weighted by molar-refractivity contribution is 0.214. The maximum absolute atomic E-state index is 12.7. The Morgan fingerprint density at radius 3 is 2.35 bits per heavy atom. The van der Waals surface area contributed by atoms with Crippen molar-refractivity contribution in [2.24, 2.45) is 0 Å². The van der Waals surface area contributed by atoms with Crippen molar-refractivity contribution >= 4 is 7.60 Å². The molecular weight excluding hydrogens is 242 g/mol. The van der Waals surface area contributed by atoms with Gasteiger partial charge in [0.05, 0.1) is 13.2 Å². The third kappa shape index (κ3) is 4.99. The molecule has 96 valence electrons. The number of hydrogen-bond donors (Lipinski definition) is 0. The average Bonchev–Trinajstić information content (AvgIpc) is 2.32. The van der Waals surface area contributed by atoms with Crippen molar-refractivity contribution in [2.75, 3.05) is 19.4 Å². The van der Waals surface area contributed by atoms with Crippen LogP contribution in [-0.2, 0) is 20.0 Å². The first-order chi connectivity index (χ1) is 8.09. The van der Waals surface area contributed by atoms with Gasteiger partial charge < -0.3 is 9.05 Å². The molecule has 0 heterocycles. The van der Waals surface area contributed by atoms with Crippen molar-refractivity contribution in [1.82, 2.24) is 0 Å². The first-order valence-corrected chi connectivity index (χ1v) is 7.45. The molecule has 1 aromatic rings. The standard InChI is InChI=1S/C12H18FO3P/c1-3-15-17(14,4-2)16-10-9-11-5-7-12(13)8-6-11/h5-8H,3-4,9-10H2,1-2H3. The zero-order chi connectivity index (χ0) is 12.7. The molecule has 0 radical (unpaired) electrons. The summed E-state index contributed by atoms with van der Waals surface area (Å²) < 4.78 is 35.0. The molecule has 17 heavy (non-hydrogen) atoms. The Bertz CT molecular complexity index is 378. The molecule has 0 amide bonds. The van der Waals surface area contributed by atoms with E-state index in [4.69, 9.17) is 9.05 Å². The Morgan fingerprint density at radius 1 is 1.18 bits per heavy atom. The van der Waals surface area contributed by atoms with E-state index >= 15 is 0 Å². The first-order valence-electron chi connectivity index (χ1n) is 5.72. The highest BCUT2D eigenvalue weighted by Gasteiger charge is 2.20. The molecule has 0 fully saturated rings. The smallest absolute Gasteiger partial charge is 0.309 e. The average molecular weight is 260 g/mol. The van der Waals surface area contributed by atoms with Gasteiger partial charge in [0.2, 0.25) is 0 Å². The van der Waals surface area contributed by atoms with E-state index in [0.29, 0.717) is 25.8 Å². The summed E-state index contributed by atoms with van der Waals surface area (Å²) in [7, 11) is -2.92. The quantitative estimate of drug-likeness (QED) is 0.702. The maximum atomic E-state index is 12.7. The van der Waals surface area contributed by atoms with Crippen LogP contribution in [-0.4, -0.2) is 19.4 Å². The molecule has 0 bridgehead atoms. The summed E-state index contributed by atoms with van der Waals surface area (Å²) in [6, 6.07) is 6.18. The van der Waals surface area contributed by atoms with Gasteiger partial charge in [0.25, 0.3) is 0 Å². The fourth-order valence-electron chi connectivity index (χ4n) is 1.37. The molecule has 0 aliphatic rings. The van der Waals surface area contributed by atoms with Crippen molar-refractivity contribution in [2.45, 2.75) is 20.3 Å². The molecule has 0 N–H and O–H groups in total. The minimum absolute atomic E-state index is 0.261. The number of benzene rings is 1. The second kappa shape index (κ2) is 6.90. The van der Waals surface area contributed by atoms with Gasteiger partial charge in [-0.3, -0.25) is 4.57 Å². The summed E-state index contributed by atoms with van der Waals surface area (Å²) in [5.41, 5.74) is 0.950. The third-order valence-corrected chi connectivity index (χ3v) is 4.31. The Balaban J connectivity index is 2.41. The van der Waals surface area contributed by atoms with Crippen molar-refractivity contribution in [3.8, 4) is 0 Å². The Morgan fingerprint density at radius 2 is 1.82 bits per heavy atom. The van der Waals surface area contributed by atoms with Crippen LogP contribution in [0.1, 0.15) is 19.4 Å². The molecule has 0 saturated heterocycles. The van der Waals surface area contributed by atoms with Crippen LogP contribution >= 0.6 is 7.60 Å². The van der Waals surface area contributed by atoms with E-state index in [-0.39, 0.29) is 5.82 Å². The molecule has 5 heteroatoms. The van der Waals surface area contributed by atoms with Crippen LogP contribution in [0.5, 0.6) is 0 Å². The first kappa shape index (κ1) is 14.4. The summed E-state index contributed by atoms with van der Waals surface area (Å²) in [5.74, 6) is -0.261. The molecule has 0 aromatic heterocycles. The van der Waals surface area contributed by atoms with Gasteiger partial charge in [-0.2, -0.15) is 0 Å².